The van der Waals surface area contributed by atoms with Crippen LogP contribution in [0.2, 0.25) is 0 Å². The van der Waals surface area contributed by atoms with Crippen LogP contribution >= 0.6 is 0 Å². The number of phenols is 2. The fourth-order valence-corrected chi connectivity index (χ4v) is 8.46. The van der Waals surface area contributed by atoms with Gasteiger partial charge in [0.05, 0.1) is 34.1 Å². The van der Waals surface area contributed by atoms with Crippen LogP contribution in [-0.2, 0) is 20.2 Å². The molecule has 348 valence electrons. The molecule has 5 N–H and O–H groups in total. The molecule has 0 saturated carbocycles. The van der Waals surface area contributed by atoms with E-state index < -0.39 is 30.0 Å². The third-order valence-corrected chi connectivity index (χ3v) is 12.6. The Bertz CT molecular complexity index is 3690. The van der Waals surface area contributed by atoms with Crippen molar-refractivity contribution < 1.29 is 40.9 Å². The number of anilines is 1. The third-order valence-electron chi connectivity index (χ3n) is 10.8. The summed E-state index contributed by atoms with van der Waals surface area (Å²) in [6.45, 7) is 7.49. The predicted octanol–water partition coefficient (Wildman–Crippen LogP) is 14.2. The van der Waals surface area contributed by atoms with Gasteiger partial charge >= 0.3 is 0 Å². The van der Waals surface area contributed by atoms with Gasteiger partial charge in [0, 0.05) is 16.5 Å². The van der Waals surface area contributed by atoms with Crippen LogP contribution in [0.5, 0.6) is 17.2 Å². The van der Waals surface area contributed by atoms with Gasteiger partial charge in [0.1, 0.15) is 21.2 Å². The number of para-hydroxylation sites is 2. The van der Waals surface area contributed by atoms with Crippen molar-refractivity contribution in [2.24, 2.45) is 40.9 Å². The van der Waals surface area contributed by atoms with Crippen LogP contribution in [0.3, 0.4) is 0 Å². The van der Waals surface area contributed by atoms with Crippen molar-refractivity contribution in [3.05, 3.63) is 156 Å². The minimum absolute atomic E-state index is 0.00853. The standard InChI is InChI=1S/C49H41N9O9S2/c1-28-20-36(14-18-39(28)53-51-35-15-19-40(29(2)21-35)54-58-44-26-38-32(25-48(44)69(64,65)66)8-7-11-47(38)68(61,62)63)52-56-42-22-31(4)43(23-30(42)3)57-55-41-17-12-33-24-34(13-16-37(33)49(41)60)50-27-67-46-10-6-5-9-45(46)59/h5-26,50,59-60H,27H2,1-4H3,(H,61,62,63)(H,64,65,66). The fraction of sp³-hybridized carbons (Fsp3) is 0.102. The highest BCUT2D eigenvalue weighted by atomic mass is 32.2. The average molecular weight is 964 g/mol. The summed E-state index contributed by atoms with van der Waals surface area (Å²) in [6.07, 6.45) is 0. The lowest BCUT2D eigenvalue weighted by Gasteiger charge is -2.11. The molecule has 0 unspecified atom stereocenters. The summed E-state index contributed by atoms with van der Waals surface area (Å²) >= 11 is 0. The zero-order valence-electron chi connectivity index (χ0n) is 37.1. The van der Waals surface area contributed by atoms with Gasteiger partial charge in [-0.15, -0.1) is 10.2 Å². The van der Waals surface area contributed by atoms with Gasteiger partial charge in [0.25, 0.3) is 20.2 Å². The van der Waals surface area contributed by atoms with E-state index in [1.807, 2.05) is 57.2 Å². The van der Waals surface area contributed by atoms with Crippen LogP contribution in [0.15, 0.2) is 184 Å². The van der Waals surface area contributed by atoms with Crippen molar-refractivity contribution >= 4 is 93.0 Å². The molecule has 0 aliphatic heterocycles. The monoisotopic (exact) mass is 963 g/mol. The molecule has 0 aliphatic carbocycles. The van der Waals surface area contributed by atoms with Gasteiger partial charge < -0.3 is 20.3 Å². The molecule has 0 aromatic heterocycles. The van der Waals surface area contributed by atoms with E-state index in [9.17, 15) is 36.2 Å². The van der Waals surface area contributed by atoms with Gasteiger partial charge in [-0.05, 0) is 164 Å². The van der Waals surface area contributed by atoms with Gasteiger partial charge in [0.15, 0.2) is 24.0 Å². The number of azo groups is 4. The molecule has 20 heteroatoms. The van der Waals surface area contributed by atoms with E-state index in [0.29, 0.717) is 56.5 Å². The number of benzene rings is 8. The Morgan fingerprint density at radius 2 is 1.00 bits per heavy atom. The minimum atomic E-state index is -4.80. The van der Waals surface area contributed by atoms with E-state index in [4.69, 9.17) is 4.74 Å². The van der Waals surface area contributed by atoms with Crippen molar-refractivity contribution in [2.75, 3.05) is 12.0 Å². The van der Waals surface area contributed by atoms with Crippen LogP contribution in [0.25, 0.3) is 21.5 Å². The number of aryl methyl sites for hydroxylation is 4. The molecule has 0 atom stereocenters. The lowest BCUT2D eigenvalue weighted by Crippen LogP contribution is -2.08. The Morgan fingerprint density at radius 1 is 0.464 bits per heavy atom. The molecule has 18 nitrogen and oxygen atoms in total. The highest BCUT2D eigenvalue weighted by Gasteiger charge is 2.21. The Labute approximate surface area is 395 Å². The molecule has 0 fully saturated rings. The molecule has 0 spiro atoms. The lowest BCUT2D eigenvalue weighted by molar-refractivity contribution is 0.323. The van der Waals surface area contributed by atoms with Crippen LogP contribution in [0, 0.1) is 27.7 Å². The van der Waals surface area contributed by atoms with E-state index in [1.165, 1.54) is 12.1 Å². The van der Waals surface area contributed by atoms with Gasteiger partial charge in [-0.3, -0.25) is 9.11 Å². The molecule has 0 aliphatic rings. The topological polar surface area (TPSA) is 269 Å². The number of hydrogen-bond acceptors (Lipinski definition) is 16. The second-order valence-corrected chi connectivity index (χ2v) is 18.5. The first-order valence-corrected chi connectivity index (χ1v) is 23.7. The van der Waals surface area contributed by atoms with Crippen molar-refractivity contribution in [1.29, 1.82) is 0 Å². The molecule has 69 heavy (non-hydrogen) atoms. The number of nitrogens with zero attached hydrogens (tertiary/aromatic N) is 8. The first kappa shape index (κ1) is 47.2. The Hall–Kier alpha value is -8.30. The second-order valence-electron chi connectivity index (χ2n) is 15.7. The SMILES string of the molecule is Cc1cc(N=Nc2cc(C)c(N=Nc3ccc4cc(NCOc5ccccc5O)ccc4c3O)cc2C)ccc1N=Nc1ccc(N=Nc2cc3c(S(=O)(=O)O)cccc3cc2S(=O)(=O)O)c(C)c1. The number of phenolic OH excluding ortho intramolecular Hbond substituents is 2. The van der Waals surface area contributed by atoms with E-state index in [0.717, 1.165) is 46.0 Å². The molecule has 0 amide bonds. The average Bonchev–Trinajstić information content (AvgIpc) is 3.30. The quantitative estimate of drug-likeness (QED) is 0.0390. The van der Waals surface area contributed by atoms with Gasteiger partial charge in [0.2, 0.25) is 0 Å². The minimum Gasteiger partial charge on any atom is -0.505 e. The predicted molar refractivity (Wildman–Crippen MR) is 261 cm³/mol. The van der Waals surface area contributed by atoms with Crippen molar-refractivity contribution in [1.82, 2.24) is 0 Å². The smallest absolute Gasteiger partial charge is 0.296 e. The number of aromatic hydroxyl groups is 2. The molecule has 8 rings (SSSR count). The molecule has 8 aromatic carbocycles. The number of ether oxygens (including phenoxy) is 1. The first-order chi connectivity index (χ1) is 32.9. The van der Waals surface area contributed by atoms with E-state index in [-0.39, 0.29) is 34.7 Å². The highest BCUT2D eigenvalue weighted by molar-refractivity contribution is 7.86. The van der Waals surface area contributed by atoms with Gasteiger partial charge in [-0.1, -0.05) is 30.3 Å². The maximum Gasteiger partial charge on any atom is 0.296 e. The van der Waals surface area contributed by atoms with Gasteiger partial charge in [-0.25, -0.2) is 0 Å². The Balaban J connectivity index is 0.911. The first-order valence-electron chi connectivity index (χ1n) is 20.8. The molecule has 0 heterocycles. The number of fused-ring (bicyclic) bond motifs is 2. The largest absolute Gasteiger partial charge is 0.505 e. The second kappa shape index (κ2) is 19.5. The third kappa shape index (κ3) is 11.0. The summed E-state index contributed by atoms with van der Waals surface area (Å²) in [4.78, 5) is -1.06. The molecular formula is C49H41N9O9S2. The van der Waals surface area contributed by atoms with E-state index in [1.54, 1.807) is 73.7 Å². The maximum absolute atomic E-state index is 12.2. The van der Waals surface area contributed by atoms with Crippen LogP contribution in [-0.4, -0.2) is 42.9 Å². The highest BCUT2D eigenvalue weighted by Crippen LogP contribution is 2.39. The summed E-state index contributed by atoms with van der Waals surface area (Å²) in [5, 5.41) is 60.3. The zero-order valence-corrected chi connectivity index (χ0v) is 38.8. The fourth-order valence-electron chi connectivity index (χ4n) is 7.11. The summed E-state index contributed by atoms with van der Waals surface area (Å²) in [5.74, 6) is 0.407. The van der Waals surface area contributed by atoms with Crippen molar-refractivity contribution in [3.8, 4) is 17.2 Å². The van der Waals surface area contributed by atoms with E-state index >= 15 is 0 Å². The van der Waals surface area contributed by atoms with Crippen molar-refractivity contribution in [3.63, 3.8) is 0 Å². The van der Waals surface area contributed by atoms with Crippen LogP contribution in [0.1, 0.15) is 22.3 Å². The summed E-state index contributed by atoms with van der Waals surface area (Å²) in [6, 6.07) is 35.7. The summed E-state index contributed by atoms with van der Waals surface area (Å²) in [5.41, 5.74) is 6.94. The van der Waals surface area contributed by atoms with E-state index in [2.05, 4.69) is 46.2 Å². The maximum atomic E-state index is 12.2. The molecule has 0 saturated heterocycles. The number of rotatable bonds is 14. The van der Waals surface area contributed by atoms with Gasteiger partial charge in [-0.2, -0.15) is 47.5 Å². The number of nitrogens with one attached hydrogen (secondary N) is 1. The summed E-state index contributed by atoms with van der Waals surface area (Å²) < 4.78 is 73.6. The normalized spacial score (nSPS) is 12.4. The van der Waals surface area contributed by atoms with Crippen LogP contribution in [0.4, 0.5) is 51.2 Å². The molecule has 8 aromatic rings. The molecular weight excluding hydrogens is 923 g/mol. The van der Waals surface area contributed by atoms with Crippen molar-refractivity contribution in [2.45, 2.75) is 37.5 Å². The lowest BCUT2D eigenvalue weighted by atomic mass is 10.1. The molecule has 0 radical (unpaired) electrons. The zero-order chi connectivity index (χ0) is 49.0. The molecule has 0 bridgehead atoms. The summed E-state index contributed by atoms with van der Waals surface area (Å²) in [7, 11) is -9.47. The Morgan fingerprint density at radius 3 is 1.62 bits per heavy atom. The Kier molecular flexibility index (Phi) is 13.3. The van der Waals surface area contributed by atoms with Crippen LogP contribution < -0.4 is 10.1 Å². The number of hydrogen-bond donors (Lipinski definition) is 5.